The third kappa shape index (κ3) is 3.26. The second-order valence-electron chi connectivity index (χ2n) is 3.79. The van der Waals surface area contributed by atoms with Crippen LogP contribution in [0.3, 0.4) is 0 Å². The monoisotopic (exact) mass is 326 g/mol. The van der Waals surface area contributed by atoms with Crippen LogP contribution >= 0.6 is 27.5 Å². The highest BCUT2D eigenvalue weighted by molar-refractivity contribution is 9.10. The number of hydrogen-bond acceptors (Lipinski definition) is 4. The predicted octanol–water partition coefficient (Wildman–Crippen LogP) is 2.64. The molecule has 1 atom stereocenters. The van der Waals surface area contributed by atoms with Crippen LogP contribution in [-0.2, 0) is 6.42 Å². The van der Waals surface area contributed by atoms with Crippen LogP contribution in [0, 0.1) is 0 Å². The predicted molar refractivity (Wildman–Crippen MR) is 75.0 cm³/mol. The van der Waals surface area contributed by atoms with E-state index in [0.29, 0.717) is 11.4 Å². The van der Waals surface area contributed by atoms with E-state index >= 15 is 0 Å². The van der Waals surface area contributed by atoms with Crippen molar-refractivity contribution in [2.45, 2.75) is 12.5 Å². The van der Waals surface area contributed by atoms with Crippen molar-refractivity contribution < 1.29 is 0 Å². The van der Waals surface area contributed by atoms with Crippen LogP contribution in [0.1, 0.15) is 17.3 Å². The van der Waals surface area contributed by atoms with Gasteiger partial charge < -0.3 is 0 Å². The van der Waals surface area contributed by atoms with E-state index in [1.165, 1.54) is 0 Å². The second-order valence-corrected chi connectivity index (χ2v) is 5.11. The second kappa shape index (κ2) is 6.24. The molecule has 0 bridgehead atoms. The molecule has 0 spiro atoms. The van der Waals surface area contributed by atoms with Gasteiger partial charge in [0.25, 0.3) is 0 Å². The summed E-state index contributed by atoms with van der Waals surface area (Å²) in [5.74, 6) is 5.58. The van der Waals surface area contributed by atoms with Crippen molar-refractivity contribution in [2.24, 2.45) is 5.84 Å². The number of nitrogens with zero attached hydrogens (tertiary/aromatic N) is 2. The van der Waals surface area contributed by atoms with Crippen molar-refractivity contribution in [1.82, 2.24) is 15.4 Å². The van der Waals surface area contributed by atoms with Crippen molar-refractivity contribution in [3.63, 3.8) is 0 Å². The first-order chi connectivity index (χ1) is 8.70. The topological polar surface area (TPSA) is 63.8 Å². The van der Waals surface area contributed by atoms with Crippen molar-refractivity contribution in [1.29, 1.82) is 0 Å². The van der Waals surface area contributed by atoms with Crippen LogP contribution < -0.4 is 11.3 Å². The van der Waals surface area contributed by atoms with Crippen LogP contribution in [0.5, 0.6) is 0 Å². The summed E-state index contributed by atoms with van der Waals surface area (Å²) in [4.78, 5) is 8.28. The van der Waals surface area contributed by atoms with Gasteiger partial charge in [-0.3, -0.25) is 21.2 Å². The molecule has 0 aromatic carbocycles. The average Bonchev–Trinajstić information content (AvgIpc) is 2.39. The third-order valence-electron chi connectivity index (χ3n) is 2.59. The Bertz CT molecular complexity index is 518. The molecule has 2 aromatic heterocycles. The molecule has 2 rings (SSSR count). The minimum absolute atomic E-state index is 0.0852. The molecule has 1 unspecified atom stereocenters. The molecule has 6 heteroatoms. The molecule has 0 aliphatic heterocycles. The standard InChI is InChI=1S/C12H12BrClN4/c13-9-1-2-11(17-6-9)12(18-15)5-8-3-4-16-7-10(8)14/h1-4,6-7,12,18H,5,15H2. The molecule has 18 heavy (non-hydrogen) atoms. The number of nitrogens with two attached hydrogens (primary N) is 1. The van der Waals surface area contributed by atoms with E-state index in [0.717, 1.165) is 15.7 Å². The molecule has 0 aliphatic carbocycles. The lowest BCUT2D eigenvalue weighted by Gasteiger charge is -2.16. The van der Waals surface area contributed by atoms with Crippen molar-refractivity contribution in [2.75, 3.05) is 0 Å². The van der Waals surface area contributed by atoms with Gasteiger partial charge in [-0.2, -0.15) is 0 Å². The molecular formula is C12H12BrClN4. The maximum atomic E-state index is 6.08. The van der Waals surface area contributed by atoms with Gasteiger partial charge in [0.1, 0.15) is 0 Å². The lowest BCUT2D eigenvalue weighted by atomic mass is 10.0. The fourth-order valence-electron chi connectivity index (χ4n) is 1.63. The van der Waals surface area contributed by atoms with Crippen LogP contribution in [0.2, 0.25) is 5.02 Å². The SMILES string of the molecule is NNC(Cc1ccncc1Cl)c1ccc(Br)cn1. The number of rotatable bonds is 4. The van der Waals surface area contributed by atoms with Crippen molar-refractivity contribution in [3.05, 3.63) is 57.5 Å². The molecule has 0 fully saturated rings. The highest BCUT2D eigenvalue weighted by atomic mass is 79.9. The Hall–Kier alpha value is -1.01. The van der Waals surface area contributed by atoms with Gasteiger partial charge in [0.2, 0.25) is 0 Å². The Morgan fingerprint density at radius 1 is 1.33 bits per heavy atom. The molecule has 2 aromatic rings. The third-order valence-corrected chi connectivity index (χ3v) is 3.40. The smallest absolute Gasteiger partial charge is 0.0672 e. The van der Waals surface area contributed by atoms with Gasteiger partial charge in [-0.05, 0) is 46.1 Å². The van der Waals surface area contributed by atoms with E-state index in [-0.39, 0.29) is 6.04 Å². The molecule has 0 saturated carbocycles. The van der Waals surface area contributed by atoms with Crippen LogP contribution in [0.4, 0.5) is 0 Å². The lowest BCUT2D eigenvalue weighted by molar-refractivity contribution is 0.538. The Morgan fingerprint density at radius 2 is 2.17 bits per heavy atom. The van der Waals surface area contributed by atoms with Gasteiger partial charge in [-0.25, -0.2) is 0 Å². The summed E-state index contributed by atoms with van der Waals surface area (Å²) in [6.45, 7) is 0. The first-order valence-electron chi connectivity index (χ1n) is 5.36. The summed E-state index contributed by atoms with van der Waals surface area (Å²) in [6.07, 6.45) is 5.74. The van der Waals surface area contributed by atoms with E-state index in [9.17, 15) is 0 Å². The van der Waals surface area contributed by atoms with Crippen molar-refractivity contribution in [3.8, 4) is 0 Å². The molecule has 0 saturated heterocycles. The summed E-state index contributed by atoms with van der Waals surface area (Å²) >= 11 is 9.43. The maximum Gasteiger partial charge on any atom is 0.0672 e. The summed E-state index contributed by atoms with van der Waals surface area (Å²) in [5, 5.41) is 0.634. The van der Waals surface area contributed by atoms with E-state index in [4.69, 9.17) is 17.4 Å². The zero-order valence-electron chi connectivity index (χ0n) is 9.48. The minimum Gasteiger partial charge on any atom is -0.271 e. The van der Waals surface area contributed by atoms with Gasteiger partial charge in [0.05, 0.1) is 16.8 Å². The molecular weight excluding hydrogens is 316 g/mol. The molecule has 0 aliphatic rings. The number of halogens is 2. The van der Waals surface area contributed by atoms with E-state index in [1.54, 1.807) is 18.6 Å². The molecule has 3 N–H and O–H groups in total. The lowest BCUT2D eigenvalue weighted by Crippen LogP contribution is -2.30. The van der Waals surface area contributed by atoms with Gasteiger partial charge >= 0.3 is 0 Å². The molecule has 2 heterocycles. The first-order valence-corrected chi connectivity index (χ1v) is 6.54. The Labute approximate surface area is 119 Å². The Balaban J connectivity index is 2.20. The number of nitrogens with one attached hydrogen (secondary N) is 1. The summed E-state index contributed by atoms with van der Waals surface area (Å²) in [6, 6.07) is 5.65. The zero-order chi connectivity index (χ0) is 13.0. The molecule has 0 amide bonds. The van der Waals surface area contributed by atoms with Crippen LogP contribution in [-0.4, -0.2) is 9.97 Å². The highest BCUT2D eigenvalue weighted by Gasteiger charge is 2.13. The number of hydrazine groups is 1. The zero-order valence-corrected chi connectivity index (χ0v) is 11.8. The number of aromatic nitrogens is 2. The minimum atomic E-state index is -0.0852. The highest BCUT2D eigenvalue weighted by Crippen LogP contribution is 2.22. The fourth-order valence-corrected chi connectivity index (χ4v) is 2.06. The number of pyridine rings is 2. The molecule has 0 radical (unpaired) electrons. The average molecular weight is 328 g/mol. The summed E-state index contributed by atoms with van der Waals surface area (Å²) in [7, 11) is 0. The van der Waals surface area contributed by atoms with Gasteiger partial charge in [0, 0.05) is 23.1 Å². The van der Waals surface area contributed by atoms with Crippen LogP contribution in [0.15, 0.2) is 41.3 Å². The van der Waals surface area contributed by atoms with E-state index < -0.39 is 0 Å². The van der Waals surface area contributed by atoms with Gasteiger partial charge in [0.15, 0.2) is 0 Å². The summed E-state index contributed by atoms with van der Waals surface area (Å²) in [5.41, 5.74) is 4.61. The summed E-state index contributed by atoms with van der Waals surface area (Å²) < 4.78 is 0.934. The van der Waals surface area contributed by atoms with Gasteiger partial charge in [-0.1, -0.05) is 11.6 Å². The Kier molecular flexibility index (Phi) is 4.66. The molecule has 94 valence electrons. The number of hydrogen-bond donors (Lipinski definition) is 2. The molecule has 4 nitrogen and oxygen atoms in total. The van der Waals surface area contributed by atoms with E-state index in [2.05, 4.69) is 31.3 Å². The first kappa shape index (κ1) is 13.4. The Morgan fingerprint density at radius 3 is 2.78 bits per heavy atom. The van der Waals surface area contributed by atoms with Gasteiger partial charge in [-0.15, -0.1) is 0 Å². The fraction of sp³-hybridized carbons (Fsp3) is 0.167. The van der Waals surface area contributed by atoms with Crippen molar-refractivity contribution >= 4 is 27.5 Å². The largest absolute Gasteiger partial charge is 0.271 e. The maximum absolute atomic E-state index is 6.08. The van der Waals surface area contributed by atoms with Crippen LogP contribution in [0.25, 0.3) is 0 Å². The van der Waals surface area contributed by atoms with E-state index in [1.807, 2.05) is 18.2 Å². The quantitative estimate of drug-likeness (QED) is 0.669. The normalized spacial score (nSPS) is 12.4.